The standard InChI is InChI=1S/C46H54N8O8S4/c1-12-37(57)53-17-16-52(25-45(53,6)7)40(59)30-21-36(27(3)20-33(30)61-10)64-42-32(50-44(66-42)49-29(5)56)13-14-38(58)51-15-18-54(46(8,9)24-51)41(60)31-22-35(26(2)19-34(31)62-11)63-39-23-47-43(65-39)48-28(4)55/h12-14,19-23H,1,15-18,24-25H2,2-11H3,(H,47,48,55)(H,49,50,56). The summed E-state index contributed by atoms with van der Waals surface area (Å²) >= 11 is 5.38. The molecule has 4 aromatic rings. The molecule has 16 nitrogen and oxygen atoms in total. The molecule has 0 radical (unpaired) electrons. The Morgan fingerprint density at radius 3 is 1.85 bits per heavy atom. The Hall–Kier alpha value is -5.70. The van der Waals surface area contributed by atoms with Gasteiger partial charge in [-0.15, -0.1) is 0 Å². The number of aryl methyl sites for hydroxylation is 2. The van der Waals surface area contributed by atoms with Crippen molar-refractivity contribution in [2.24, 2.45) is 0 Å². The van der Waals surface area contributed by atoms with E-state index in [1.165, 1.54) is 86.4 Å². The maximum atomic E-state index is 14.3. The molecule has 2 saturated heterocycles. The van der Waals surface area contributed by atoms with Gasteiger partial charge in [0, 0.05) is 69.0 Å². The van der Waals surface area contributed by atoms with Crippen molar-refractivity contribution in [3.05, 3.63) is 77.1 Å². The van der Waals surface area contributed by atoms with Crippen LogP contribution in [0.15, 0.2) is 67.4 Å². The first kappa shape index (κ1) is 49.7. The summed E-state index contributed by atoms with van der Waals surface area (Å²) in [5.41, 5.74) is 1.55. The van der Waals surface area contributed by atoms with Crippen molar-refractivity contribution < 1.29 is 38.2 Å². The van der Waals surface area contributed by atoms with Crippen LogP contribution in [0.2, 0.25) is 0 Å². The lowest BCUT2D eigenvalue weighted by molar-refractivity contribution is -0.134. The largest absolute Gasteiger partial charge is 0.496 e. The number of ether oxygens (including phenoxy) is 2. The molecule has 20 heteroatoms. The lowest BCUT2D eigenvalue weighted by Gasteiger charge is -2.47. The Morgan fingerprint density at radius 2 is 1.27 bits per heavy atom. The van der Waals surface area contributed by atoms with Crippen molar-refractivity contribution in [3.8, 4) is 11.5 Å². The number of nitrogens with zero attached hydrogens (tertiary/aromatic N) is 6. The summed E-state index contributed by atoms with van der Waals surface area (Å²) in [5.74, 6) is -0.598. The van der Waals surface area contributed by atoms with Crippen LogP contribution >= 0.6 is 46.2 Å². The van der Waals surface area contributed by atoms with Crippen LogP contribution in [-0.4, -0.2) is 130 Å². The summed E-state index contributed by atoms with van der Waals surface area (Å²) in [6.45, 7) is 19.7. The summed E-state index contributed by atoms with van der Waals surface area (Å²) < 4.78 is 12.9. The number of hydrogen-bond donors (Lipinski definition) is 2. The molecule has 6 amide bonds. The van der Waals surface area contributed by atoms with E-state index in [1.54, 1.807) is 44.0 Å². The zero-order chi connectivity index (χ0) is 48.2. The van der Waals surface area contributed by atoms with Gasteiger partial charge in [0.25, 0.3) is 11.8 Å². The lowest BCUT2D eigenvalue weighted by Crippen LogP contribution is -2.61. The summed E-state index contributed by atoms with van der Waals surface area (Å²) in [5, 5.41) is 6.28. The topological polar surface area (TPSA) is 184 Å². The zero-order valence-corrected chi connectivity index (χ0v) is 41.9. The van der Waals surface area contributed by atoms with E-state index in [2.05, 4.69) is 27.2 Å². The predicted octanol–water partition coefficient (Wildman–Crippen LogP) is 7.48. The second-order valence-electron chi connectivity index (χ2n) is 17.0. The van der Waals surface area contributed by atoms with E-state index in [9.17, 15) is 28.8 Å². The third-order valence-corrected chi connectivity index (χ3v) is 15.5. The fourth-order valence-electron chi connectivity index (χ4n) is 7.78. The first-order valence-corrected chi connectivity index (χ1v) is 24.2. The first-order chi connectivity index (χ1) is 31.1. The maximum Gasteiger partial charge on any atom is 0.258 e. The Morgan fingerprint density at radius 1 is 0.727 bits per heavy atom. The minimum atomic E-state index is -0.763. The molecule has 4 heterocycles. The Kier molecular flexibility index (Phi) is 15.4. The Balaban J connectivity index is 1.19. The van der Waals surface area contributed by atoms with Gasteiger partial charge in [-0.25, -0.2) is 9.97 Å². The van der Waals surface area contributed by atoms with Gasteiger partial charge < -0.3 is 39.7 Å². The minimum absolute atomic E-state index is 0.189. The number of carbonyl (C=O) groups excluding carboxylic acids is 6. The molecule has 2 aromatic carbocycles. The van der Waals surface area contributed by atoms with Crippen molar-refractivity contribution in [3.63, 3.8) is 0 Å². The van der Waals surface area contributed by atoms with Crippen molar-refractivity contribution in [2.75, 3.05) is 64.1 Å². The van der Waals surface area contributed by atoms with Crippen LogP contribution in [0.25, 0.3) is 6.08 Å². The zero-order valence-electron chi connectivity index (χ0n) is 38.7. The SMILES string of the molecule is C=CC(=O)N1CCN(C(=O)c2cc(Sc3sc(NC(C)=O)nc3C=CC(=O)N3CCN(C(=O)c4cc(Sc5cnc(NC(C)=O)s5)c(C)cc4OC)C(C)(C)C3)c(C)cc2OC)CC1(C)C. The average Bonchev–Trinajstić information content (AvgIpc) is 3.86. The van der Waals surface area contributed by atoms with E-state index in [4.69, 9.17) is 9.47 Å². The number of nitrogens with one attached hydrogen (secondary N) is 2. The Bertz CT molecular complexity index is 2620. The summed E-state index contributed by atoms with van der Waals surface area (Å²) in [6, 6.07) is 7.24. The molecule has 66 heavy (non-hydrogen) atoms. The van der Waals surface area contributed by atoms with Crippen LogP contribution < -0.4 is 20.1 Å². The van der Waals surface area contributed by atoms with Gasteiger partial charge in [0.05, 0.1) is 56.7 Å². The van der Waals surface area contributed by atoms with Gasteiger partial charge in [-0.2, -0.15) is 0 Å². The van der Waals surface area contributed by atoms with Crippen LogP contribution in [0.3, 0.4) is 0 Å². The van der Waals surface area contributed by atoms with E-state index >= 15 is 0 Å². The first-order valence-electron chi connectivity index (χ1n) is 20.9. The fraction of sp³-hybridized carbons (Fsp3) is 0.391. The smallest absolute Gasteiger partial charge is 0.258 e. The maximum absolute atomic E-state index is 14.3. The number of methoxy groups -OCH3 is 2. The van der Waals surface area contributed by atoms with Gasteiger partial charge >= 0.3 is 0 Å². The van der Waals surface area contributed by atoms with Gasteiger partial charge in [-0.05, 0) is 89.1 Å². The number of piperazine rings is 2. The van der Waals surface area contributed by atoms with Crippen LogP contribution in [0.1, 0.15) is 79.1 Å². The van der Waals surface area contributed by atoms with E-state index < -0.39 is 11.1 Å². The molecule has 350 valence electrons. The highest BCUT2D eigenvalue weighted by molar-refractivity contribution is 8.01. The van der Waals surface area contributed by atoms with Crippen molar-refractivity contribution >= 4 is 98.0 Å². The van der Waals surface area contributed by atoms with Crippen LogP contribution in [0, 0.1) is 13.8 Å². The highest BCUT2D eigenvalue weighted by Crippen LogP contribution is 2.42. The molecule has 6 rings (SSSR count). The highest BCUT2D eigenvalue weighted by atomic mass is 32.2. The second-order valence-corrected chi connectivity index (χ2v) is 21.7. The Labute approximate surface area is 401 Å². The third-order valence-electron chi connectivity index (χ3n) is 11.0. The molecular formula is C46H54N8O8S4. The molecule has 2 aliphatic heterocycles. The third kappa shape index (κ3) is 11.3. The van der Waals surface area contributed by atoms with E-state index in [-0.39, 0.29) is 55.1 Å². The van der Waals surface area contributed by atoms with Gasteiger partial charge in [0.2, 0.25) is 23.6 Å². The molecule has 0 unspecified atom stereocenters. The van der Waals surface area contributed by atoms with Crippen LogP contribution in [0.5, 0.6) is 11.5 Å². The summed E-state index contributed by atoms with van der Waals surface area (Å²) in [7, 11) is 3.04. The van der Waals surface area contributed by atoms with Crippen molar-refractivity contribution in [1.82, 2.24) is 29.6 Å². The number of anilines is 2. The number of benzene rings is 2. The number of thiazole rings is 2. The highest BCUT2D eigenvalue weighted by Gasteiger charge is 2.40. The van der Waals surface area contributed by atoms with E-state index in [1.807, 2.05) is 53.7 Å². The fourth-order valence-corrected chi connectivity index (χ4v) is 12.0. The molecule has 2 aromatic heterocycles. The summed E-state index contributed by atoms with van der Waals surface area (Å²) in [6.07, 6.45) is 6.03. The quantitative estimate of drug-likeness (QED) is 0.126. The van der Waals surface area contributed by atoms with Gasteiger partial charge in [-0.3, -0.25) is 28.8 Å². The van der Waals surface area contributed by atoms with E-state index in [0.717, 1.165) is 25.1 Å². The molecule has 0 bridgehead atoms. The normalized spacial score (nSPS) is 15.7. The molecule has 0 atom stereocenters. The number of rotatable bonds is 13. The van der Waals surface area contributed by atoms with Crippen LogP contribution in [-0.2, 0) is 19.2 Å². The molecule has 2 N–H and O–H groups in total. The van der Waals surface area contributed by atoms with E-state index in [0.29, 0.717) is 62.4 Å². The van der Waals surface area contributed by atoms with Crippen LogP contribution in [0.4, 0.5) is 10.3 Å². The molecular weight excluding hydrogens is 921 g/mol. The molecule has 0 spiro atoms. The number of hydrogen-bond acceptors (Lipinski definition) is 14. The van der Waals surface area contributed by atoms with Gasteiger partial charge in [-0.1, -0.05) is 52.8 Å². The lowest BCUT2D eigenvalue weighted by atomic mass is 9.96. The second kappa shape index (κ2) is 20.4. The average molecular weight is 975 g/mol. The number of aromatic nitrogens is 2. The van der Waals surface area contributed by atoms with Gasteiger partial charge in [0.1, 0.15) is 11.5 Å². The number of amides is 6. The van der Waals surface area contributed by atoms with Gasteiger partial charge in [0.15, 0.2) is 10.3 Å². The monoisotopic (exact) mass is 974 g/mol. The van der Waals surface area contributed by atoms with Crippen molar-refractivity contribution in [1.29, 1.82) is 0 Å². The summed E-state index contributed by atoms with van der Waals surface area (Å²) in [4.78, 5) is 95.9. The molecule has 2 aliphatic rings. The van der Waals surface area contributed by atoms with Crippen molar-refractivity contribution in [2.45, 2.75) is 84.7 Å². The number of carbonyl (C=O) groups is 6. The predicted molar refractivity (Wildman–Crippen MR) is 259 cm³/mol. The molecule has 0 aliphatic carbocycles. The molecule has 2 fully saturated rings. The minimum Gasteiger partial charge on any atom is -0.496 e. The molecule has 0 saturated carbocycles.